The van der Waals surface area contributed by atoms with Crippen molar-refractivity contribution in [3.05, 3.63) is 18.3 Å². The molecule has 3 heteroatoms. The Morgan fingerprint density at radius 2 is 1.54 bits per heavy atom. The van der Waals surface area contributed by atoms with Crippen LogP contribution in [0.25, 0.3) is 0 Å². The van der Waals surface area contributed by atoms with E-state index >= 15 is 0 Å². The normalized spacial score (nSPS) is 15.1. The first-order chi connectivity index (χ1) is 12.8. The van der Waals surface area contributed by atoms with E-state index in [0.717, 1.165) is 38.4 Å². The summed E-state index contributed by atoms with van der Waals surface area (Å²) < 4.78 is 10.6. The smallest absolute Gasteiger partial charge is 0.305 e. The van der Waals surface area contributed by atoms with Gasteiger partial charge in [-0.3, -0.25) is 4.79 Å². The van der Waals surface area contributed by atoms with E-state index in [1.165, 1.54) is 70.6 Å². The summed E-state index contributed by atoms with van der Waals surface area (Å²) >= 11 is 0. The standard InChI is InChI=1S/C23H41O3/c1-2-3-4-5-6-7-8-9-10-11-12-13-14-15-16-19-23(24)26-21-22-18-17-20-25-22/h9-10H,2-8,11-21H2,1H3/b10-9-. The van der Waals surface area contributed by atoms with E-state index in [1.54, 1.807) is 0 Å². The molecule has 0 atom stereocenters. The van der Waals surface area contributed by atoms with E-state index in [-0.39, 0.29) is 5.97 Å². The molecule has 26 heavy (non-hydrogen) atoms. The van der Waals surface area contributed by atoms with Gasteiger partial charge in [0.15, 0.2) is 0 Å². The SMILES string of the molecule is CCCCCCCC/C=C\CCCCCCCC(=O)OC[C]1CCCO1. The van der Waals surface area contributed by atoms with Gasteiger partial charge in [-0.15, -0.1) is 0 Å². The highest BCUT2D eigenvalue weighted by molar-refractivity contribution is 5.69. The fourth-order valence-electron chi connectivity index (χ4n) is 3.25. The van der Waals surface area contributed by atoms with Gasteiger partial charge in [-0.1, -0.05) is 70.4 Å². The molecule has 1 saturated heterocycles. The second kappa shape index (κ2) is 17.6. The van der Waals surface area contributed by atoms with Crippen molar-refractivity contribution in [3.8, 4) is 0 Å². The molecule has 0 N–H and O–H groups in total. The average molecular weight is 366 g/mol. The van der Waals surface area contributed by atoms with Crippen molar-refractivity contribution in [2.24, 2.45) is 0 Å². The molecule has 3 nitrogen and oxygen atoms in total. The van der Waals surface area contributed by atoms with E-state index in [0.29, 0.717) is 13.0 Å². The molecule has 0 aromatic heterocycles. The Bertz CT molecular complexity index is 345. The predicted molar refractivity (Wildman–Crippen MR) is 109 cm³/mol. The summed E-state index contributed by atoms with van der Waals surface area (Å²) in [4.78, 5) is 11.6. The Hall–Kier alpha value is -0.830. The Kier molecular flexibility index (Phi) is 15.7. The number of hydrogen-bond donors (Lipinski definition) is 0. The monoisotopic (exact) mass is 365 g/mol. The molecule has 1 rings (SSSR count). The number of esters is 1. The van der Waals surface area contributed by atoms with Gasteiger partial charge in [-0.25, -0.2) is 0 Å². The number of carbonyl (C=O) groups excluding carboxylic acids is 1. The molecule has 1 radical (unpaired) electrons. The predicted octanol–water partition coefficient (Wildman–Crippen LogP) is 6.91. The van der Waals surface area contributed by atoms with Crippen LogP contribution in [0.2, 0.25) is 0 Å². The molecular weight excluding hydrogens is 324 g/mol. The quantitative estimate of drug-likeness (QED) is 0.160. The summed E-state index contributed by atoms with van der Waals surface area (Å²) in [6.45, 7) is 3.41. The van der Waals surface area contributed by atoms with E-state index in [2.05, 4.69) is 19.1 Å². The third-order valence-corrected chi connectivity index (χ3v) is 4.94. The lowest BCUT2D eigenvalue weighted by Crippen LogP contribution is -2.11. The van der Waals surface area contributed by atoms with Gasteiger partial charge in [-0.05, 0) is 44.9 Å². The molecule has 1 aliphatic rings. The second-order valence-electron chi connectivity index (χ2n) is 7.49. The van der Waals surface area contributed by atoms with Crippen LogP contribution in [0.4, 0.5) is 0 Å². The van der Waals surface area contributed by atoms with Crippen LogP contribution in [-0.2, 0) is 14.3 Å². The molecule has 0 aromatic carbocycles. The van der Waals surface area contributed by atoms with Crippen molar-refractivity contribution < 1.29 is 14.3 Å². The Labute approximate surface area is 161 Å². The summed E-state index contributed by atoms with van der Waals surface area (Å²) in [6.07, 6.45) is 24.8. The molecule has 0 aliphatic carbocycles. The van der Waals surface area contributed by atoms with Crippen LogP contribution in [0.1, 0.15) is 110 Å². The highest BCUT2D eigenvalue weighted by Gasteiger charge is 2.18. The zero-order valence-corrected chi connectivity index (χ0v) is 17.1. The van der Waals surface area contributed by atoms with E-state index in [9.17, 15) is 4.79 Å². The van der Waals surface area contributed by atoms with Gasteiger partial charge in [0.25, 0.3) is 0 Å². The number of hydrogen-bond acceptors (Lipinski definition) is 3. The fraction of sp³-hybridized carbons (Fsp3) is 0.826. The first kappa shape index (κ1) is 23.2. The molecule has 0 amide bonds. The van der Waals surface area contributed by atoms with Crippen molar-refractivity contribution in [1.82, 2.24) is 0 Å². The van der Waals surface area contributed by atoms with Crippen LogP contribution in [0, 0.1) is 6.10 Å². The van der Waals surface area contributed by atoms with Crippen molar-refractivity contribution in [3.63, 3.8) is 0 Å². The maximum atomic E-state index is 11.6. The first-order valence-corrected chi connectivity index (χ1v) is 11.1. The minimum absolute atomic E-state index is 0.0781. The lowest BCUT2D eigenvalue weighted by Gasteiger charge is -2.08. The first-order valence-electron chi connectivity index (χ1n) is 11.1. The van der Waals surface area contributed by atoms with Crippen LogP contribution in [0.15, 0.2) is 12.2 Å². The third-order valence-electron chi connectivity index (χ3n) is 4.94. The highest BCUT2D eigenvalue weighted by atomic mass is 16.6. The summed E-state index contributed by atoms with van der Waals surface area (Å²) in [7, 11) is 0. The Morgan fingerprint density at radius 1 is 0.923 bits per heavy atom. The maximum absolute atomic E-state index is 11.6. The zero-order valence-electron chi connectivity index (χ0n) is 17.1. The number of rotatable bonds is 17. The summed E-state index contributed by atoms with van der Waals surface area (Å²) in [6, 6.07) is 0. The van der Waals surface area contributed by atoms with Crippen LogP contribution >= 0.6 is 0 Å². The van der Waals surface area contributed by atoms with Gasteiger partial charge in [-0.2, -0.15) is 0 Å². The average Bonchev–Trinajstić information content (AvgIpc) is 3.17. The maximum Gasteiger partial charge on any atom is 0.305 e. The molecule has 0 bridgehead atoms. The van der Waals surface area contributed by atoms with Crippen molar-refractivity contribution in [2.45, 2.75) is 110 Å². The topological polar surface area (TPSA) is 35.5 Å². The molecule has 0 spiro atoms. The van der Waals surface area contributed by atoms with Gasteiger partial charge in [0.2, 0.25) is 0 Å². The van der Waals surface area contributed by atoms with Crippen LogP contribution < -0.4 is 0 Å². The molecule has 1 heterocycles. The summed E-state index contributed by atoms with van der Waals surface area (Å²) in [5.41, 5.74) is 0. The van der Waals surface area contributed by atoms with Crippen molar-refractivity contribution in [1.29, 1.82) is 0 Å². The van der Waals surface area contributed by atoms with E-state index < -0.39 is 0 Å². The van der Waals surface area contributed by atoms with Crippen molar-refractivity contribution in [2.75, 3.05) is 13.2 Å². The molecule has 0 saturated carbocycles. The third kappa shape index (κ3) is 14.4. The molecule has 151 valence electrons. The van der Waals surface area contributed by atoms with Gasteiger partial charge in [0.05, 0.1) is 0 Å². The number of unbranched alkanes of at least 4 members (excludes halogenated alkanes) is 11. The minimum atomic E-state index is -0.0781. The van der Waals surface area contributed by atoms with Gasteiger partial charge in [0.1, 0.15) is 12.7 Å². The van der Waals surface area contributed by atoms with E-state index in [4.69, 9.17) is 9.47 Å². The highest BCUT2D eigenvalue weighted by Crippen LogP contribution is 2.19. The van der Waals surface area contributed by atoms with Crippen LogP contribution in [0.3, 0.4) is 0 Å². The number of ether oxygens (including phenoxy) is 2. The molecular formula is C23H41O3. The zero-order chi connectivity index (χ0) is 18.7. The Morgan fingerprint density at radius 3 is 2.15 bits per heavy atom. The Balaban J connectivity index is 1.76. The molecule has 1 aliphatic heterocycles. The molecule has 0 aromatic rings. The largest absolute Gasteiger partial charge is 0.462 e. The van der Waals surface area contributed by atoms with Gasteiger partial charge in [0, 0.05) is 13.0 Å². The molecule has 0 unspecified atom stereocenters. The minimum Gasteiger partial charge on any atom is -0.462 e. The van der Waals surface area contributed by atoms with Gasteiger partial charge < -0.3 is 9.47 Å². The van der Waals surface area contributed by atoms with E-state index in [1.807, 2.05) is 0 Å². The van der Waals surface area contributed by atoms with Gasteiger partial charge >= 0.3 is 5.97 Å². The lowest BCUT2D eigenvalue weighted by molar-refractivity contribution is -0.144. The number of allylic oxidation sites excluding steroid dienone is 2. The summed E-state index contributed by atoms with van der Waals surface area (Å²) in [5.74, 6) is -0.0781. The number of carbonyl (C=O) groups is 1. The van der Waals surface area contributed by atoms with Crippen molar-refractivity contribution >= 4 is 5.97 Å². The molecule has 1 fully saturated rings. The lowest BCUT2D eigenvalue weighted by atomic mass is 10.1. The van der Waals surface area contributed by atoms with Crippen LogP contribution in [0.5, 0.6) is 0 Å². The summed E-state index contributed by atoms with van der Waals surface area (Å²) in [5, 5.41) is 0. The van der Waals surface area contributed by atoms with Crippen LogP contribution in [-0.4, -0.2) is 19.2 Å². The second-order valence-corrected chi connectivity index (χ2v) is 7.49. The fourth-order valence-corrected chi connectivity index (χ4v) is 3.25.